The van der Waals surface area contributed by atoms with Gasteiger partial charge in [0.25, 0.3) is 10.0 Å². The number of sulfonamides is 1. The highest BCUT2D eigenvalue weighted by Gasteiger charge is 2.22. The lowest BCUT2D eigenvalue weighted by atomic mass is 10.0. The SMILES string of the molecule is COC(=O)c1ccc(Br)c(S(=O)(=O)Nc2cc(C#N)ccc2-c2cccnc2)c1. The van der Waals surface area contributed by atoms with Gasteiger partial charge in [-0.25, -0.2) is 13.2 Å². The molecule has 0 aliphatic heterocycles. The Labute approximate surface area is 176 Å². The zero-order valence-electron chi connectivity index (χ0n) is 15.1. The fraction of sp³-hybridized carbons (Fsp3) is 0.0500. The van der Waals surface area contributed by atoms with Crippen LogP contribution in [0.5, 0.6) is 0 Å². The molecule has 3 aromatic rings. The third kappa shape index (κ3) is 4.45. The van der Waals surface area contributed by atoms with Gasteiger partial charge in [0.05, 0.1) is 30.0 Å². The zero-order chi connectivity index (χ0) is 21.0. The molecular weight excluding hydrogens is 458 g/mol. The number of pyridine rings is 1. The molecule has 7 nitrogen and oxygen atoms in total. The van der Waals surface area contributed by atoms with Crippen LogP contribution in [0.1, 0.15) is 15.9 Å². The van der Waals surface area contributed by atoms with Gasteiger partial charge in [0, 0.05) is 28.0 Å². The number of methoxy groups -OCH3 is 1. The number of anilines is 1. The second-order valence-corrected chi connectivity index (χ2v) is 8.36. The highest BCUT2D eigenvalue weighted by molar-refractivity contribution is 9.10. The van der Waals surface area contributed by atoms with Crippen LogP contribution >= 0.6 is 15.9 Å². The number of hydrogen-bond donors (Lipinski definition) is 1. The highest BCUT2D eigenvalue weighted by Crippen LogP contribution is 2.32. The molecule has 9 heteroatoms. The number of carbonyl (C=O) groups is 1. The van der Waals surface area contributed by atoms with Gasteiger partial charge in [-0.15, -0.1) is 0 Å². The van der Waals surface area contributed by atoms with Crippen molar-refractivity contribution in [2.24, 2.45) is 0 Å². The number of carbonyl (C=O) groups excluding carboxylic acids is 1. The molecule has 146 valence electrons. The quantitative estimate of drug-likeness (QED) is 0.563. The Hall–Kier alpha value is -3.22. The van der Waals surface area contributed by atoms with E-state index in [9.17, 15) is 18.5 Å². The second kappa shape index (κ2) is 8.43. The van der Waals surface area contributed by atoms with Crippen LogP contribution in [-0.4, -0.2) is 26.5 Å². The second-order valence-electron chi connectivity index (χ2n) is 5.86. The average molecular weight is 472 g/mol. The van der Waals surface area contributed by atoms with E-state index in [1.165, 1.54) is 31.4 Å². The highest BCUT2D eigenvalue weighted by atomic mass is 79.9. The summed E-state index contributed by atoms with van der Waals surface area (Å²) in [5.41, 5.74) is 1.83. The number of benzene rings is 2. The number of nitrogens with one attached hydrogen (secondary N) is 1. The van der Waals surface area contributed by atoms with Gasteiger partial charge < -0.3 is 4.74 Å². The number of nitrogens with zero attached hydrogens (tertiary/aromatic N) is 2. The van der Waals surface area contributed by atoms with Crippen molar-refractivity contribution < 1.29 is 17.9 Å². The van der Waals surface area contributed by atoms with Crippen molar-refractivity contribution in [2.45, 2.75) is 4.90 Å². The van der Waals surface area contributed by atoms with Gasteiger partial charge in [-0.2, -0.15) is 5.26 Å². The number of rotatable bonds is 5. The molecule has 0 unspecified atom stereocenters. The molecule has 0 aliphatic carbocycles. The van der Waals surface area contributed by atoms with Crippen molar-refractivity contribution in [3.8, 4) is 17.2 Å². The maximum absolute atomic E-state index is 13.1. The van der Waals surface area contributed by atoms with Gasteiger partial charge in [-0.05, 0) is 52.3 Å². The van der Waals surface area contributed by atoms with E-state index < -0.39 is 16.0 Å². The van der Waals surface area contributed by atoms with Crippen LogP contribution in [0.25, 0.3) is 11.1 Å². The lowest BCUT2D eigenvalue weighted by Gasteiger charge is -2.14. The van der Waals surface area contributed by atoms with Gasteiger partial charge in [-0.1, -0.05) is 12.1 Å². The normalized spacial score (nSPS) is 10.8. The third-order valence-corrected chi connectivity index (χ3v) is 6.37. The molecule has 0 amide bonds. The van der Waals surface area contributed by atoms with E-state index in [2.05, 4.69) is 30.4 Å². The van der Waals surface area contributed by atoms with Crippen molar-refractivity contribution >= 4 is 37.6 Å². The Kier molecular flexibility index (Phi) is 5.96. The summed E-state index contributed by atoms with van der Waals surface area (Å²) in [6.45, 7) is 0. The van der Waals surface area contributed by atoms with E-state index in [1.54, 1.807) is 36.7 Å². The van der Waals surface area contributed by atoms with Crippen LogP contribution in [-0.2, 0) is 14.8 Å². The monoisotopic (exact) mass is 471 g/mol. The molecule has 3 rings (SSSR count). The van der Waals surface area contributed by atoms with E-state index in [1.807, 2.05) is 6.07 Å². The van der Waals surface area contributed by atoms with Gasteiger partial charge in [0.1, 0.15) is 4.90 Å². The summed E-state index contributed by atoms with van der Waals surface area (Å²) >= 11 is 3.21. The topological polar surface area (TPSA) is 109 Å². The number of nitriles is 1. The molecule has 0 radical (unpaired) electrons. The molecule has 0 spiro atoms. The first-order valence-corrected chi connectivity index (χ1v) is 10.5. The van der Waals surface area contributed by atoms with Crippen LogP contribution in [0.15, 0.2) is 70.3 Å². The Balaban J connectivity index is 2.10. The van der Waals surface area contributed by atoms with E-state index in [0.29, 0.717) is 11.1 Å². The number of hydrogen-bond acceptors (Lipinski definition) is 6. The summed E-state index contributed by atoms with van der Waals surface area (Å²) in [4.78, 5) is 15.7. The Morgan fingerprint density at radius 2 is 2.00 bits per heavy atom. The average Bonchev–Trinajstić information content (AvgIpc) is 2.73. The van der Waals surface area contributed by atoms with Gasteiger partial charge in [0.15, 0.2) is 0 Å². The smallest absolute Gasteiger partial charge is 0.337 e. The minimum atomic E-state index is -4.10. The largest absolute Gasteiger partial charge is 0.465 e. The molecule has 0 aliphatic rings. The van der Waals surface area contributed by atoms with Crippen LogP contribution < -0.4 is 4.72 Å². The molecule has 0 fully saturated rings. The molecule has 0 saturated carbocycles. The van der Waals surface area contributed by atoms with Crippen molar-refractivity contribution in [3.05, 3.63) is 76.5 Å². The maximum atomic E-state index is 13.1. The number of aromatic nitrogens is 1. The molecule has 0 saturated heterocycles. The first kappa shape index (κ1) is 20.5. The van der Waals surface area contributed by atoms with Gasteiger partial charge in [0.2, 0.25) is 0 Å². The maximum Gasteiger partial charge on any atom is 0.337 e. The molecule has 1 aromatic heterocycles. The van der Waals surface area contributed by atoms with Crippen molar-refractivity contribution in [1.29, 1.82) is 5.26 Å². The molecule has 0 bridgehead atoms. The van der Waals surface area contributed by atoms with Crippen LogP contribution in [0.2, 0.25) is 0 Å². The Bertz CT molecular complexity index is 1220. The van der Waals surface area contributed by atoms with Crippen molar-refractivity contribution in [3.63, 3.8) is 0 Å². The molecule has 1 heterocycles. The minimum Gasteiger partial charge on any atom is -0.465 e. The fourth-order valence-electron chi connectivity index (χ4n) is 2.63. The van der Waals surface area contributed by atoms with Crippen LogP contribution in [0.4, 0.5) is 5.69 Å². The minimum absolute atomic E-state index is 0.0920. The standard InChI is InChI=1S/C20H14BrN3O4S/c1-28-20(25)14-5-7-17(21)19(10-14)29(26,27)24-18-9-13(11-22)4-6-16(18)15-3-2-8-23-12-15/h2-10,12,24H,1H3. The first-order chi connectivity index (χ1) is 13.9. The molecule has 29 heavy (non-hydrogen) atoms. The summed E-state index contributed by atoms with van der Waals surface area (Å²) in [6, 6.07) is 14.3. The van der Waals surface area contributed by atoms with E-state index in [-0.39, 0.29) is 26.2 Å². The molecule has 2 aromatic carbocycles. The lowest BCUT2D eigenvalue weighted by molar-refractivity contribution is 0.0600. The summed E-state index contributed by atoms with van der Waals surface area (Å²) < 4.78 is 33.6. The van der Waals surface area contributed by atoms with Gasteiger partial charge >= 0.3 is 5.97 Å². The van der Waals surface area contributed by atoms with Gasteiger partial charge in [-0.3, -0.25) is 9.71 Å². The van der Waals surface area contributed by atoms with E-state index >= 15 is 0 Å². The third-order valence-electron chi connectivity index (χ3n) is 4.01. The summed E-state index contributed by atoms with van der Waals surface area (Å²) in [5.74, 6) is -0.656. The Morgan fingerprint density at radius 3 is 2.66 bits per heavy atom. The van der Waals surface area contributed by atoms with E-state index in [4.69, 9.17) is 0 Å². The first-order valence-electron chi connectivity index (χ1n) is 8.21. The number of ether oxygens (including phenoxy) is 1. The van der Waals surface area contributed by atoms with Crippen molar-refractivity contribution in [2.75, 3.05) is 11.8 Å². The number of esters is 1. The Morgan fingerprint density at radius 1 is 1.21 bits per heavy atom. The number of halogens is 1. The molecular formula is C20H14BrN3O4S. The lowest BCUT2D eigenvalue weighted by Crippen LogP contribution is -2.15. The summed E-state index contributed by atoms with van der Waals surface area (Å²) in [5, 5.41) is 9.21. The summed E-state index contributed by atoms with van der Waals surface area (Å²) in [7, 11) is -2.89. The van der Waals surface area contributed by atoms with Crippen LogP contribution in [0, 0.1) is 11.3 Å². The van der Waals surface area contributed by atoms with Crippen molar-refractivity contribution in [1.82, 2.24) is 4.98 Å². The summed E-state index contributed by atoms with van der Waals surface area (Å²) in [6.07, 6.45) is 3.19. The molecule has 0 atom stereocenters. The fourth-order valence-corrected chi connectivity index (χ4v) is 4.69. The predicted molar refractivity (Wildman–Crippen MR) is 111 cm³/mol. The van der Waals surface area contributed by atoms with Crippen LogP contribution in [0.3, 0.4) is 0 Å². The molecule has 1 N–H and O–H groups in total. The predicted octanol–water partition coefficient (Wildman–Crippen LogP) is 3.97. The van der Waals surface area contributed by atoms with E-state index in [0.717, 1.165) is 0 Å². The zero-order valence-corrected chi connectivity index (χ0v) is 17.5.